The van der Waals surface area contributed by atoms with Crippen LogP contribution in [0.2, 0.25) is 0 Å². The van der Waals surface area contributed by atoms with Crippen molar-refractivity contribution in [1.29, 1.82) is 0 Å². The molecule has 6 heteroatoms. The molecule has 128 valence electrons. The number of nitrogens with one attached hydrogen (secondary N) is 1. The number of amides is 1. The number of nitro groups is 1. The molecular formula is C19H19N3O3. The fraction of sp³-hybridized carbons (Fsp3) is 0.263. The molecule has 0 saturated heterocycles. The van der Waals surface area contributed by atoms with E-state index < -0.39 is 10.8 Å². The molecule has 0 atom stereocenters. The highest BCUT2D eigenvalue weighted by molar-refractivity contribution is 6.01. The van der Waals surface area contributed by atoms with Gasteiger partial charge in [-0.05, 0) is 67.5 Å². The zero-order chi connectivity index (χ0) is 17.8. The maximum Gasteiger partial charge on any atom is 0.271 e. The number of hydrogen-bond acceptors (Lipinski definition) is 4. The van der Waals surface area contributed by atoms with Crippen molar-refractivity contribution >= 4 is 17.3 Å². The van der Waals surface area contributed by atoms with Gasteiger partial charge in [0, 0.05) is 17.7 Å². The van der Waals surface area contributed by atoms with Crippen molar-refractivity contribution in [1.82, 2.24) is 5.43 Å². The number of nitro benzene ring substituents is 1. The predicted octanol–water partition coefficient (Wildman–Crippen LogP) is 3.63. The summed E-state index contributed by atoms with van der Waals surface area (Å²) in [5.74, 6) is -0.396. The molecule has 0 fully saturated rings. The van der Waals surface area contributed by atoms with Crippen LogP contribution in [-0.4, -0.2) is 16.5 Å². The van der Waals surface area contributed by atoms with Crippen molar-refractivity contribution in [2.75, 3.05) is 0 Å². The Hall–Kier alpha value is -3.02. The van der Waals surface area contributed by atoms with Crippen LogP contribution >= 0.6 is 0 Å². The number of fused-ring (bicyclic) bond motifs is 1. The summed E-state index contributed by atoms with van der Waals surface area (Å²) in [5, 5.41) is 14.8. The Balaban J connectivity index is 1.70. The Bertz CT molecular complexity index is 841. The quantitative estimate of drug-likeness (QED) is 0.525. The van der Waals surface area contributed by atoms with Gasteiger partial charge in [0.05, 0.1) is 10.6 Å². The Labute approximate surface area is 145 Å². The number of carbonyl (C=O) groups excluding carboxylic acids is 1. The van der Waals surface area contributed by atoms with Gasteiger partial charge in [-0.3, -0.25) is 14.9 Å². The van der Waals surface area contributed by atoms with Gasteiger partial charge in [-0.1, -0.05) is 12.1 Å². The highest BCUT2D eigenvalue weighted by atomic mass is 16.6. The van der Waals surface area contributed by atoms with Gasteiger partial charge >= 0.3 is 0 Å². The molecule has 0 spiro atoms. The molecule has 3 rings (SSSR count). The first-order valence-corrected chi connectivity index (χ1v) is 8.26. The van der Waals surface area contributed by atoms with E-state index in [1.165, 1.54) is 48.2 Å². The van der Waals surface area contributed by atoms with E-state index in [0.717, 1.165) is 24.1 Å². The number of benzene rings is 2. The maximum atomic E-state index is 12.1. The first-order valence-electron chi connectivity index (χ1n) is 8.26. The Morgan fingerprint density at radius 3 is 2.36 bits per heavy atom. The standard InChI is InChI=1S/C19H19N3O3/c1-13(16-7-6-14-4-2-3-5-17(14)12-16)20-21-19(23)15-8-10-18(11-9-15)22(24)25/h6-12H,2-5H2,1H3,(H,21,23)/b20-13+. The Morgan fingerprint density at radius 2 is 1.68 bits per heavy atom. The summed E-state index contributed by atoms with van der Waals surface area (Å²) in [7, 11) is 0. The normalized spacial score (nSPS) is 13.9. The molecule has 1 aliphatic carbocycles. The molecule has 2 aromatic rings. The van der Waals surface area contributed by atoms with Gasteiger partial charge in [-0.2, -0.15) is 5.10 Å². The van der Waals surface area contributed by atoms with E-state index in [1.54, 1.807) is 0 Å². The molecule has 6 nitrogen and oxygen atoms in total. The van der Waals surface area contributed by atoms with Gasteiger partial charge in [0.1, 0.15) is 0 Å². The molecule has 0 saturated carbocycles. The lowest BCUT2D eigenvalue weighted by Gasteiger charge is -2.16. The predicted molar refractivity (Wildman–Crippen MR) is 95.9 cm³/mol. The SMILES string of the molecule is C/C(=N\NC(=O)c1ccc([N+](=O)[O-])cc1)c1ccc2c(c1)CCCC2. The maximum absolute atomic E-state index is 12.1. The molecule has 1 amide bonds. The smallest absolute Gasteiger partial charge is 0.267 e. The summed E-state index contributed by atoms with van der Waals surface area (Å²) in [5.41, 5.74) is 7.26. The highest BCUT2D eigenvalue weighted by Crippen LogP contribution is 2.22. The molecule has 25 heavy (non-hydrogen) atoms. The van der Waals surface area contributed by atoms with Gasteiger partial charge in [0.2, 0.25) is 0 Å². The number of hydrogen-bond donors (Lipinski definition) is 1. The molecule has 0 aromatic heterocycles. The topological polar surface area (TPSA) is 84.6 Å². The third-order valence-electron chi connectivity index (χ3n) is 4.43. The number of hydrazone groups is 1. The number of nitrogens with zero attached hydrogens (tertiary/aromatic N) is 2. The fourth-order valence-corrected chi connectivity index (χ4v) is 2.96. The summed E-state index contributed by atoms with van der Waals surface area (Å²) < 4.78 is 0. The average molecular weight is 337 g/mol. The average Bonchev–Trinajstić information content (AvgIpc) is 2.65. The number of carbonyl (C=O) groups is 1. The summed E-state index contributed by atoms with van der Waals surface area (Å²) in [6, 6.07) is 11.7. The van der Waals surface area contributed by atoms with Gasteiger partial charge in [-0.25, -0.2) is 5.43 Å². The molecule has 0 unspecified atom stereocenters. The van der Waals surface area contributed by atoms with E-state index >= 15 is 0 Å². The molecule has 2 aromatic carbocycles. The van der Waals surface area contributed by atoms with Gasteiger partial charge in [-0.15, -0.1) is 0 Å². The van der Waals surface area contributed by atoms with Crippen LogP contribution < -0.4 is 5.43 Å². The fourth-order valence-electron chi connectivity index (χ4n) is 2.96. The lowest BCUT2D eigenvalue weighted by Crippen LogP contribution is -2.19. The molecule has 0 radical (unpaired) electrons. The van der Waals surface area contributed by atoms with Crippen molar-refractivity contribution < 1.29 is 9.72 Å². The molecule has 1 aliphatic rings. The lowest BCUT2D eigenvalue weighted by molar-refractivity contribution is -0.384. The van der Waals surface area contributed by atoms with Crippen LogP contribution in [0.5, 0.6) is 0 Å². The van der Waals surface area contributed by atoms with Crippen molar-refractivity contribution in [3.63, 3.8) is 0 Å². The van der Waals surface area contributed by atoms with Crippen molar-refractivity contribution in [3.05, 3.63) is 74.8 Å². The second-order valence-electron chi connectivity index (χ2n) is 6.13. The van der Waals surface area contributed by atoms with E-state index in [1.807, 2.05) is 13.0 Å². The van der Waals surface area contributed by atoms with Gasteiger partial charge < -0.3 is 0 Å². The largest absolute Gasteiger partial charge is 0.271 e. The van der Waals surface area contributed by atoms with Crippen molar-refractivity contribution in [2.45, 2.75) is 32.6 Å². The first-order chi connectivity index (χ1) is 12.0. The summed E-state index contributed by atoms with van der Waals surface area (Å²) in [4.78, 5) is 22.2. The molecule has 0 heterocycles. The van der Waals surface area contributed by atoms with E-state index in [2.05, 4.69) is 22.7 Å². The first kappa shape index (κ1) is 16.8. The Kier molecular flexibility index (Phi) is 4.88. The zero-order valence-electron chi connectivity index (χ0n) is 14.0. The zero-order valence-corrected chi connectivity index (χ0v) is 14.0. The van der Waals surface area contributed by atoms with Crippen LogP contribution in [0.3, 0.4) is 0 Å². The van der Waals surface area contributed by atoms with Crippen LogP contribution in [0.1, 0.15) is 46.8 Å². The third-order valence-corrected chi connectivity index (χ3v) is 4.43. The minimum Gasteiger partial charge on any atom is -0.267 e. The van der Waals surface area contributed by atoms with E-state index in [-0.39, 0.29) is 5.69 Å². The molecule has 1 N–H and O–H groups in total. The second-order valence-corrected chi connectivity index (χ2v) is 6.13. The van der Waals surface area contributed by atoms with Crippen molar-refractivity contribution in [3.8, 4) is 0 Å². The molecule has 0 aliphatic heterocycles. The summed E-state index contributed by atoms with van der Waals surface area (Å²) in [6.45, 7) is 1.85. The Morgan fingerprint density at radius 1 is 1.04 bits per heavy atom. The van der Waals surface area contributed by atoms with Gasteiger partial charge in [0.25, 0.3) is 11.6 Å². The van der Waals surface area contributed by atoms with Crippen LogP contribution in [0.25, 0.3) is 0 Å². The van der Waals surface area contributed by atoms with Crippen molar-refractivity contribution in [2.24, 2.45) is 5.10 Å². The van der Waals surface area contributed by atoms with Gasteiger partial charge in [0.15, 0.2) is 0 Å². The lowest BCUT2D eigenvalue weighted by atomic mass is 9.90. The van der Waals surface area contributed by atoms with Crippen LogP contribution in [0, 0.1) is 10.1 Å². The molecule has 0 bridgehead atoms. The van der Waals surface area contributed by atoms with Crippen LogP contribution in [-0.2, 0) is 12.8 Å². The minimum absolute atomic E-state index is 0.0507. The molecular weight excluding hydrogens is 318 g/mol. The van der Waals surface area contributed by atoms with Crippen LogP contribution in [0.4, 0.5) is 5.69 Å². The summed E-state index contributed by atoms with van der Waals surface area (Å²) in [6.07, 6.45) is 4.67. The van der Waals surface area contributed by atoms with E-state index in [4.69, 9.17) is 0 Å². The summed E-state index contributed by atoms with van der Waals surface area (Å²) >= 11 is 0. The highest BCUT2D eigenvalue weighted by Gasteiger charge is 2.11. The monoisotopic (exact) mass is 337 g/mol. The van der Waals surface area contributed by atoms with Crippen LogP contribution in [0.15, 0.2) is 47.6 Å². The van der Waals surface area contributed by atoms with E-state index in [0.29, 0.717) is 5.56 Å². The number of rotatable bonds is 4. The second kappa shape index (κ2) is 7.25. The number of non-ortho nitro benzene ring substituents is 1. The third kappa shape index (κ3) is 3.91. The number of aryl methyl sites for hydroxylation is 2. The minimum atomic E-state index is -0.500. The van der Waals surface area contributed by atoms with E-state index in [9.17, 15) is 14.9 Å².